The molecule has 1 unspecified atom stereocenters. The molecule has 0 spiro atoms. The van der Waals surface area contributed by atoms with E-state index in [1.165, 1.54) is 35.0 Å². The van der Waals surface area contributed by atoms with Gasteiger partial charge in [-0.1, -0.05) is 28.1 Å². The summed E-state index contributed by atoms with van der Waals surface area (Å²) in [6.07, 6.45) is 1.52. The fourth-order valence-corrected chi connectivity index (χ4v) is 4.67. The number of hydrogen-bond donors (Lipinski definition) is 1. The van der Waals surface area contributed by atoms with Crippen molar-refractivity contribution in [2.45, 2.75) is 13.0 Å². The summed E-state index contributed by atoms with van der Waals surface area (Å²) in [5.74, 6) is -0.352. The van der Waals surface area contributed by atoms with Crippen molar-refractivity contribution in [3.63, 3.8) is 0 Å². The summed E-state index contributed by atoms with van der Waals surface area (Å²) >= 11 is 4.89. The molecule has 3 aromatic rings. The third-order valence-corrected chi connectivity index (χ3v) is 6.43. The highest BCUT2D eigenvalue weighted by Crippen LogP contribution is 2.26. The summed E-state index contributed by atoms with van der Waals surface area (Å²) in [4.78, 5) is 27.5. The van der Waals surface area contributed by atoms with E-state index in [9.17, 15) is 14.0 Å². The molecule has 1 fully saturated rings. The van der Waals surface area contributed by atoms with E-state index in [2.05, 4.69) is 26.3 Å². The first-order chi connectivity index (χ1) is 14.5. The Kier molecular flexibility index (Phi) is 5.92. The van der Waals surface area contributed by atoms with Crippen LogP contribution in [-0.2, 0) is 4.79 Å². The highest BCUT2D eigenvalue weighted by atomic mass is 79.9. The Hall–Kier alpha value is -2.65. The van der Waals surface area contributed by atoms with Gasteiger partial charge in [-0.05, 0) is 43.3 Å². The molecule has 9 heteroatoms. The van der Waals surface area contributed by atoms with Gasteiger partial charge in [0.1, 0.15) is 11.9 Å². The summed E-state index contributed by atoms with van der Waals surface area (Å²) in [7, 11) is 0. The summed E-state index contributed by atoms with van der Waals surface area (Å²) in [6.45, 7) is 1.82. The maximum absolute atomic E-state index is 13.9. The summed E-state index contributed by atoms with van der Waals surface area (Å²) < 4.78 is 16.5. The topological polar surface area (TPSA) is 67.2 Å². The van der Waals surface area contributed by atoms with E-state index in [-0.39, 0.29) is 11.6 Å². The number of para-hydroxylation sites is 1. The van der Waals surface area contributed by atoms with E-state index >= 15 is 0 Å². The Morgan fingerprint density at radius 2 is 1.93 bits per heavy atom. The Morgan fingerprint density at radius 1 is 1.20 bits per heavy atom. The van der Waals surface area contributed by atoms with Crippen molar-refractivity contribution < 1.29 is 14.0 Å². The molecule has 1 atom stereocenters. The lowest BCUT2D eigenvalue weighted by molar-refractivity contribution is -0.119. The van der Waals surface area contributed by atoms with Gasteiger partial charge in [-0.3, -0.25) is 9.59 Å². The SMILES string of the molecule is Cc1c(C(=O)N2CSCC2C(=O)Nc2ccccc2F)cnn1-c1ccc(Br)cc1. The molecule has 0 radical (unpaired) electrons. The lowest BCUT2D eigenvalue weighted by atomic mass is 10.2. The average Bonchev–Trinajstić information content (AvgIpc) is 3.37. The molecule has 154 valence electrons. The first kappa shape index (κ1) is 20.6. The molecule has 2 heterocycles. The van der Waals surface area contributed by atoms with Gasteiger partial charge in [-0.2, -0.15) is 5.10 Å². The molecule has 1 aliphatic rings. The van der Waals surface area contributed by atoms with Crippen molar-refractivity contribution in [3.8, 4) is 5.69 Å². The maximum atomic E-state index is 13.9. The minimum Gasteiger partial charge on any atom is -0.322 e. The molecule has 2 aromatic carbocycles. The van der Waals surface area contributed by atoms with Gasteiger partial charge in [0.05, 0.1) is 34.7 Å². The number of nitrogens with one attached hydrogen (secondary N) is 1. The van der Waals surface area contributed by atoms with Crippen LogP contribution in [0.1, 0.15) is 16.1 Å². The van der Waals surface area contributed by atoms with Gasteiger partial charge in [0.2, 0.25) is 5.91 Å². The van der Waals surface area contributed by atoms with Crippen molar-refractivity contribution in [1.29, 1.82) is 0 Å². The van der Waals surface area contributed by atoms with Crippen LogP contribution in [0.2, 0.25) is 0 Å². The smallest absolute Gasteiger partial charge is 0.258 e. The van der Waals surface area contributed by atoms with E-state index < -0.39 is 17.8 Å². The Labute approximate surface area is 185 Å². The maximum Gasteiger partial charge on any atom is 0.258 e. The monoisotopic (exact) mass is 488 g/mol. The number of thioether (sulfide) groups is 1. The van der Waals surface area contributed by atoms with Crippen LogP contribution < -0.4 is 5.32 Å². The number of rotatable bonds is 4. The highest BCUT2D eigenvalue weighted by Gasteiger charge is 2.36. The zero-order valence-electron chi connectivity index (χ0n) is 16.0. The van der Waals surface area contributed by atoms with Gasteiger partial charge >= 0.3 is 0 Å². The molecule has 2 amide bonds. The van der Waals surface area contributed by atoms with Crippen LogP contribution in [-0.4, -0.2) is 44.2 Å². The first-order valence-electron chi connectivity index (χ1n) is 9.20. The van der Waals surface area contributed by atoms with Gasteiger partial charge in [-0.25, -0.2) is 9.07 Å². The molecule has 1 aromatic heterocycles. The van der Waals surface area contributed by atoms with Crippen LogP contribution in [0.15, 0.2) is 59.2 Å². The van der Waals surface area contributed by atoms with Crippen molar-refractivity contribution in [1.82, 2.24) is 14.7 Å². The second-order valence-electron chi connectivity index (χ2n) is 6.79. The third-order valence-electron chi connectivity index (χ3n) is 4.89. The molecule has 1 aliphatic heterocycles. The first-order valence-corrected chi connectivity index (χ1v) is 11.1. The third kappa shape index (κ3) is 3.99. The molecule has 1 N–H and O–H groups in total. The van der Waals surface area contributed by atoms with E-state index in [0.717, 1.165) is 10.2 Å². The Balaban J connectivity index is 1.55. The number of hydrogen-bond acceptors (Lipinski definition) is 4. The lowest BCUT2D eigenvalue weighted by Gasteiger charge is -2.23. The molecule has 0 saturated carbocycles. The predicted octanol–water partition coefficient (Wildman–Crippen LogP) is 4.24. The normalized spacial score (nSPS) is 16.0. The molecule has 0 bridgehead atoms. The number of carbonyl (C=O) groups excluding carboxylic acids is 2. The molecular weight excluding hydrogens is 471 g/mol. The number of carbonyl (C=O) groups is 2. The van der Waals surface area contributed by atoms with E-state index in [0.29, 0.717) is 22.9 Å². The predicted molar refractivity (Wildman–Crippen MR) is 118 cm³/mol. The summed E-state index contributed by atoms with van der Waals surface area (Å²) in [5, 5.41) is 6.95. The molecule has 30 heavy (non-hydrogen) atoms. The minimum absolute atomic E-state index is 0.103. The Morgan fingerprint density at radius 3 is 2.67 bits per heavy atom. The second-order valence-corrected chi connectivity index (χ2v) is 8.71. The largest absolute Gasteiger partial charge is 0.322 e. The summed E-state index contributed by atoms with van der Waals surface area (Å²) in [5.41, 5.74) is 2.06. The van der Waals surface area contributed by atoms with Gasteiger partial charge in [0.15, 0.2) is 0 Å². The fourth-order valence-electron chi connectivity index (χ4n) is 3.26. The zero-order chi connectivity index (χ0) is 21.3. The minimum atomic E-state index is -0.683. The quantitative estimate of drug-likeness (QED) is 0.596. The van der Waals surface area contributed by atoms with E-state index in [4.69, 9.17) is 0 Å². The van der Waals surface area contributed by atoms with Crippen LogP contribution >= 0.6 is 27.7 Å². The number of anilines is 1. The second kappa shape index (κ2) is 8.61. The van der Waals surface area contributed by atoms with Gasteiger partial charge in [0, 0.05) is 10.2 Å². The molecule has 6 nitrogen and oxygen atoms in total. The van der Waals surface area contributed by atoms with Gasteiger partial charge in [0.25, 0.3) is 5.91 Å². The van der Waals surface area contributed by atoms with Crippen LogP contribution in [0.4, 0.5) is 10.1 Å². The number of nitrogens with zero attached hydrogens (tertiary/aromatic N) is 3. The van der Waals surface area contributed by atoms with Crippen LogP contribution in [0.3, 0.4) is 0 Å². The van der Waals surface area contributed by atoms with Crippen LogP contribution in [0.25, 0.3) is 5.69 Å². The van der Waals surface area contributed by atoms with Crippen LogP contribution in [0.5, 0.6) is 0 Å². The van der Waals surface area contributed by atoms with E-state index in [1.54, 1.807) is 16.8 Å². The number of aromatic nitrogens is 2. The molecule has 0 aliphatic carbocycles. The van der Waals surface area contributed by atoms with Crippen LogP contribution in [0, 0.1) is 12.7 Å². The van der Waals surface area contributed by atoms with Gasteiger partial charge in [-0.15, -0.1) is 11.8 Å². The van der Waals surface area contributed by atoms with Gasteiger partial charge < -0.3 is 10.2 Å². The van der Waals surface area contributed by atoms with Crippen molar-refractivity contribution >= 4 is 45.2 Å². The molecular formula is C21H18BrFN4O2S. The zero-order valence-corrected chi connectivity index (χ0v) is 18.4. The fraction of sp³-hybridized carbons (Fsp3) is 0.190. The number of halogens is 2. The van der Waals surface area contributed by atoms with Crippen molar-refractivity contribution in [3.05, 3.63) is 76.3 Å². The lowest BCUT2D eigenvalue weighted by Crippen LogP contribution is -2.44. The number of amides is 2. The van der Waals surface area contributed by atoms with E-state index in [1.807, 2.05) is 31.2 Å². The molecule has 1 saturated heterocycles. The Bertz CT molecular complexity index is 1100. The van der Waals surface area contributed by atoms with Crippen molar-refractivity contribution in [2.75, 3.05) is 16.9 Å². The summed E-state index contributed by atoms with van der Waals surface area (Å²) in [6, 6.07) is 12.9. The standard InChI is InChI=1S/C21H18BrFN4O2S/c1-13-16(10-24-27(13)15-8-6-14(22)7-9-15)21(29)26-12-30-11-19(26)20(28)25-18-5-3-2-4-17(18)23/h2-10,19H,11-12H2,1H3,(H,25,28). The average molecular weight is 489 g/mol. The molecule has 4 rings (SSSR count). The number of benzene rings is 2. The highest BCUT2D eigenvalue weighted by molar-refractivity contribution is 9.10. The van der Waals surface area contributed by atoms with Crippen molar-refractivity contribution in [2.24, 2.45) is 0 Å².